The van der Waals surface area contributed by atoms with E-state index in [1.165, 1.54) is 18.4 Å². The Morgan fingerprint density at radius 3 is 2.74 bits per heavy atom. The van der Waals surface area contributed by atoms with Crippen LogP contribution in [0.5, 0.6) is 0 Å². The molecule has 2 N–H and O–H groups in total. The number of nitrogens with one attached hydrogen (secondary N) is 1. The third-order valence-electron chi connectivity index (χ3n) is 7.60. The van der Waals surface area contributed by atoms with Crippen molar-refractivity contribution >= 4 is 11.6 Å². The van der Waals surface area contributed by atoms with E-state index in [0.717, 1.165) is 49.7 Å². The molecule has 0 spiro atoms. The van der Waals surface area contributed by atoms with Gasteiger partial charge in [-0.05, 0) is 81.1 Å². The topological polar surface area (TPSA) is 61.7 Å². The summed E-state index contributed by atoms with van der Waals surface area (Å²) in [5, 5.41) is 15.9. The van der Waals surface area contributed by atoms with Gasteiger partial charge in [0.25, 0.3) is 0 Å². The maximum absolute atomic E-state index is 11.9. The number of oxime groups is 1. The molecule has 0 aromatic rings. The van der Waals surface area contributed by atoms with Crippen LogP contribution in [0.25, 0.3) is 0 Å². The van der Waals surface area contributed by atoms with E-state index in [-0.39, 0.29) is 16.9 Å². The summed E-state index contributed by atoms with van der Waals surface area (Å²) in [6.45, 7) is 4.71. The van der Waals surface area contributed by atoms with Crippen molar-refractivity contribution in [1.82, 2.24) is 5.32 Å². The molecule has 126 valence electrons. The minimum Gasteiger partial charge on any atom is -0.411 e. The Balaban J connectivity index is 1.66. The van der Waals surface area contributed by atoms with Crippen molar-refractivity contribution in [3.63, 3.8) is 0 Å². The number of hydrogen-bond acceptors (Lipinski definition) is 3. The number of carbonyl (C=O) groups excluding carboxylic acids is 1. The molecule has 0 aromatic heterocycles. The summed E-state index contributed by atoms with van der Waals surface area (Å²) in [5.41, 5.74) is 2.63. The maximum Gasteiger partial charge on any atom is 0.220 e. The lowest BCUT2D eigenvalue weighted by atomic mass is 9.47. The Kier molecular flexibility index (Phi) is 3.37. The Hall–Kier alpha value is -1.32. The van der Waals surface area contributed by atoms with Gasteiger partial charge in [0.1, 0.15) is 0 Å². The monoisotopic (exact) mass is 316 g/mol. The zero-order valence-electron chi connectivity index (χ0n) is 14.3. The van der Waals surface area contributed by atoms with Gasteiger partial charge in [0.05, 0.1) is 5.71 Å². The van der Waals surface area contributed by atoms with E-state index in [9.17, 15) is 4.79 Å². The first-order chi connectivity index (χ1) is 11.0. The molecular formula is C19H28N2O2. The molecule has 0 radical (unpaired) electrons. The third kappa shape index (κ3) is 2.17. The van der Waals surface area contributed by atoms with E-state index >= 15 is 0 Å². The molecule has 1 saturated heterocycles. The molecule has 0 bridgehead atoms. The minimum atomic E-state index is 0.0143. The van der Waals surface area contributed by atoms with Crippen molar-refractivity contribution < 1.29 is 10.0 Å². The summed E-state index contributed by atoms with van der Waals surface area (Å²) < 4.78 is 0. The van der Waals surface area contributed by atoms with E-state index < -0.39 is 0 Å². The third-order valence-corrected chi connectivity index (χ3v) is 7.60. The number of allylic oxidation sites excluding steroid dienone is 2. The molecule has 23 heavy (non-hydrogen) atoms. The lowest BCUT2D eigenvalue weighted by molar-refractivity contribution is -0.131. The molecule has 4 aliphatic rings. The van der Waals surface area contributed by atoms with E-state index in [2.05, 4.69) is 30.4 Å². The Bertz CT molecular complexity index is 596. The first-order valence-electron chi connectivity index (χ1n) is 9.19. The smallest absolute Gasteiger partial charge is 0.220 e. The van der Waals surface area contributed by atoms with Crippen LogP contribution in [-0.2, 0) is 4.79 Å². The number of hydrogen-bond donors (Lipinski definition) is 2. The van der Waals surface area contributed by atoms with Crippen LogP contribution < -0.4 is 5.32 Å². The van der Waals surface area contributed by atoms with Crippen LogP contribution in [0.1, 0.15) is 65.2 Å². The molecule has 4 rings (SSSR count). The fraction of sp³-hybridized carbons (Fsp3) is 0.789. The number of fused-ring (bicyclic) bond motifs is 5. The quantitative estimate of drug-likeness (QED) is 0.529. The standard InChI is InChI=1S/C19H28N2O2/c1-18-9-7-13(21-23)11-12(18)3-4-14-15(18)8-10-19(2)16(14)5-6-17(22)20-19/h11,14-16,23H,3-10H2,1-2H3,(H,20,22). The van der Waals surface area contributed by atoms with E-state index in [1.807, 2.05) is 0 Å². The summed E-state index contributed by atoms with van der Waals surface area (Å²) in [5.74, 6) is 2.32. The van der Waals surface area contributed by atoms with Crippen LogP contribution in [0.2, 0.25) is 0 Å². The normalized spacial score (nSPS) is 47.9. The molecule has 5 unspecified atom stereocenters. The van der Waals surface area contributed by atoms with Crippen molar-refractivity contribution in [2.75, 3.05) is 0 Å². The van der Waals surface area contributed by atoms with Gasteiger partial charge in [-0.15, -0.1) is 0 Å². The van der Waals surface area contributed by atoms with Crippen molar-refractivity contribution in [3.05, 3.63) is 11.6 Å². The number of rotatable bonds is 0. The van der Waals surface area contributed by atoms with Gasteiger partial charge in [0.15, 0.2) is 0 Å². The van der Waals surface area contributed by atoms with Crippen molar-refractivity contribution in [1.29, 1.82) is 0 Å². The number of amides is 1. The molecule has 3 fully saturated rings. The molecule has 4 heteroatoms. The van der Waals surface area contributed by atoms with Crippen LogP contribution in [0.15, 0.2) is 16.8 Å². The van der Waals surface area contributed by atoms with Gasteiger partial charge in [0.2, 0.25) is 5.91 Å². The summed E-state index contributed by atoms with van der Waals surface area (Å²) in [6.07, 6.45) is 10.6. The molecule has 1 heterocycles. The van der Waals surface area contributed by atoms with Crippen LogP contribution in [0, 0.1) is 23.2 Å². The first kappa shape index (κ1) is 15.2. The molecule has 2 saturated carbocycles. The Labute approximate surface area is 138 Å². The van der Waals surface area contributed by atoms with E-state index in [4.69, 9.17) is 5.21 Å². The average molecular weight is 316 g/mol. The zero-order valence-corrected chi connectivity index (χ0v) is 14.3. The van der Waals surface area contributed by atoms with Gasteiger partial charge in [0, 0.05) is 12.0 Å². The SMILES string of the molecule is CC12CCC3C(CCC4=CC(=NO)CCC43C)C1CCC(=O)N2. The molecule has 1 amide bonds. The predicted molar refractivity (Wildman–Crippen MR) is 89.4 cm³/mol. The maximum atomic E-state index is 11.9. The van der Waals surface area contributed by atoms with Gasteiger partial charge < -0.3 is 10.5 Å². The second-order valence-corrected chi connectivity index (χ2v) is 8.64. The van der Waals surface area contributed by atoms with Gasteiger partial charge >= 0.3 is 0 Å². The average Bonchev–Trinajstić information content (AvgIpc) is 2.52. The number of carbonyl (C=O) groups is 1. The van der Waals surface area contributed by atoms with Crippen LogP contribution >= 0.6 is 0 Å². The highest BCUT2D eigenvalue weighted by atomic mass is 16.4. The second-order valence-electron chi connectivity index (χ2n) is 8.64. The largest absolute Gasteiger partial charge is 0.411 e. The highest BCUT2D eigenvalue weighted by Crippen LogP contribution is 2.60. The summed E-state index contributed by atoms with van der Waals surface area (Å²) in [6, 6.07) is 0. The highest BCUT2D eigenvalue weighted by molar-refractivity contribution is 5.96. The first-order valence-corrected chi connectivity index (χ1v) is 9.19. The van der Waals surface area contributed by atoms with E-state index in [1.54, 1.807) is 0 Å². The summed E-state index contributed by atoms with van der Waals surface area (Å²) >= 11 is 0. The highest BCUT2D eigenvalue weighted by Gasteiger charge is 2.56. The lowest BCUT2D eigenvalue weighted by Gasteiger charge is -2.60. The molecule has 3 aliphatic carbocycles. The number of nitrogens with zero attached hydrogens (tertiary/aromatic N) is 1. The van der Waals surface area contributed by atoms with Crippen LogP contribution in [0.3, 0.4) is 0 Å². The molecule has 4 nitrogen and oxygen atoms in total. The fourth-order valence-corrected chi connectivity index (χ4v) is 6.33. The zero-order chi connectivity index (χ0) is 16.2. The molecule has 1 aliphatic heterocycles. The van der Waals surface area contributed by atoms with Crippen molar-refractivity contribution in [3.8, 4) is 0 Å². The van der Waals surface area contributed by atoms with Gasteiger partial charge in [-0.1, -0.05) is 17.7 Å². The predicted octanol–water partition coefficient (Wildman–Crippen LogP) is 3.65. The van der Waals surface area contributed by atoms with Gasteiger partial charge in [-0.25, -0.2) is 0 Å². The molecule has 5 atom stereocenters. The lowest BCUT2D eigenvalue weighted by Crippen LogP contribution is -2.62. The minimum absolute atomic E-state index is 0.0143. The number of piperidine rings is 1. The van der Waals surface area contributed by atoms with Crippen LogP contribution in [0.4, 0.5) is 0 Å². The molecule has 0 aromatic carbocycles. The summed E-state index contributed by atoms with van der Waals surface area (Å²) in [7, 11) is 0. The van der Waals surface area contributed by atoms with Crippen molar-refractivity contribution in [2.45, 2.75) is 70.8 Å². The molecular weight excluding hydrogens is 288 g/mol. The Morgan fingerprint density at radius 1 is 1.13 bits per heavy atom. The van der Waals surface area contributed by atoms with Crippen molar-refractivity contribution in [2.24, 2.45) is 28.3 Å². The van der Waals surface area contributed by atoms with Gasteiger partial charge in [-0.3, -0.25) is 4.79 Å². The van der Waals surface area contributed by atoms with Gasteiger partial charge in [-0.2, -0.15) is 0 Å². The summed E-state index contributed by atoms with van der Waals surface area (Å²) in [4.78, 5) is 11.9. The van der Waals surface area contributed by atoms with Crippen LogP contribution in [-0.4, -0.2) is 22.4 Å². The fourth-order valence-electron chi connectivity index (χ4n) is 6.33. The second kappa shape index (κ2) is 5.09. The Morgan fingerprint density at radius 2 is 1.96 bits per heavy atom. The van der Waals surface area contributed by atoms with E-state index in [0.29, 0.717) is 12.3 Å².